The van der Waals surface area contributed by atoms with Crippen molar-refractivity contribution in [3.63, 3.8) is 0 Å². The van der Waals surface area contributed by atoms with Crippen molar-refractivity contribution in [1.29, 1.82) is 0 Å². The predicted molar refractivity (Wildman–Crippen MR) is 96.6 cm³/mol. The van der Waals surface area contributed by atoms with Crippen molar-refractivity contribution in [3.05, 3.63) is 69.5 Å². The minimum atomic E-state index is -0.645. The molecule has 4 rings (SSSR count). The molecule has 0 spiro atoms. The summed E-state index contributed by atoms with van der Waals surface area (Å²) in [6, 6.07) is 13.7. The maximum absolute atomic E-state index is 12.4. The molecule has 0 fully saturated rings. The highest BCUT2D eigenvalue weighted by molar-refractivity contribution is 7.99. The molecule has 0 aliphatic rings. The third kappa shape index (κ3) is 3.18. The number of para-hydroxylation sites is 1. The van der Waals surface area contributed by atoms with E-state index >= 15 is 0 Å². The molecule has 124 valence electrons. The normalized spacial score (nSPS) is 11.2. The van der Waals surface area contributed by atoms with E-state index in [-0.39, 0.29) is 17.1 Å². The number of hydrogen-bond acceptors (Lipinski definition) is 6. The average Bonchev–Trinajstić information content (AvgIpc) is 3.01. The van der Waals surface area contributed by atoms with Gasteiger partial charge in [-0.05, 0) is 30.3 Å². The monoisotopic (exact) mass is 371 g/mol. The molecule has 2 heterocycles. The molecular formula is C18H10ClNO4S. The van der Waals surface area contributed by atoms with Crippen molar-refractivity contribution in [2.75, 3.05) is 5.75 Å². The topological polar surface area (TPSA) is 73.3 Å². The van der Waals surface area contributed by atoms with Gasteiger partial charge in [-0.25, -0.2) is 9.78 Å². The van der Waals surface area contributed by atoms with Crippen molar-refractivity contribution in [1.82, 2.24) is 4.98 Å². The van der Waals surface area contributed by atoms with Crippen LogP contribution in [0.2, 0.25) is 5.02 Å². The number of halogens is 1. The molecule has 0 unspecified atom stereocenters. The lowest BCUT2D eigenvalue weighted by Gasteiger charge is -2.00. The Hall–Kier alpha value is -2.57. The number of ketones is 1. The lowest BCUT2D eigenvalue weighted by atomic mass is 10.1. The Morgan fingerprint density at radius 3 is 2.80 bits per heavy atom. The third-order valence-electron chi connectivity index (χ3n) is 3.60. The van der Waals surface area contributed by atoms with Crippen LogP contribution in [0.3, 0.4) is 0 Å². The number of hydrogen-bond donors (Lipinski definition) is 0. The van der Waals surface area contributed by atoms with E-state index in [4.69, 9.17) is 20.4 Å². The minimum absolute atomic E-state index is 0.0175. The van der Waals surface area contributed by atoms with Crippen LogP contribution < -0.4 is 5.63 Å². The molecule has 2 aromatic carbocycles. The number of aromatic nitrogens is 1. The number of thioether (sulfide) groups is 1. The van der Waals surface area contributed by atoms with Crippen LogP contribution in [0.15, 0.2) is 67.4 Å². The summed E-state index contributed by atoms with van der Waals surface area (Å²) >= 11 is 7.03. The summed E-state index contributed by atoms with van der Waals surface area (Å²) in [5, 5.41) is 1.60. The second kappa shape index (κ2) is 6.38. The Bertz CT molecular complexity index is 1160. The first kappa shape index (κ1) is 15.9. The van der Waals surface area contributed by atoms with Crippen LogP contribution in [0, 0.1) is 0 Å². The van der Waals surface area contributed by atoms with Crippen LogP contribution >= 0.6 is 23.4 Å². The summed E-state index contributed by atoms with van der Waals surface area (Å²) in [5.41, 5.74) is 1.03. The van der Waals surface area contributed by atoms with Gasteiger partial charge in [-0.15, -0.1) is 0 Å². The van der Waals surface area contributed by atoms with E-state index in [0.29, 0.717) is 32.3 Å². The number of fused-ring (bicyclic) bond motifs is 2. The zero-order valence-corrected chi connectivity index (χ0v) is 14.3. The predicted octanol–water partition coefficient (Wildman–Crippen LogP) is 4.56. The van der Waals surface area contributed by atoms with Crippen LogP contribution in [-0.4, -0.2) is 16.5 Å². The molecule has 0 aliphatic carbocycles. The highest BCUT2D eigenvalue weighted by Crippen LogP contribution is 2.26. The molecule has 0 N–H and O–H groups in total. The van der Waals surface area contributed by atoms with Gasteiger partial charge >= 0.3 is 5.63 Å². The lowest BCUT2D eigenvalue weighted by molar-refractivity contribution is 0.101. The van der Waals surface area contributed by atoms with Gasteiger partial charge in [0.2, 0.25) is 0 Å². The van der Waals surface area contributed by atoms with E-state index in [1.807, 2.05) is 6.07 Å². The minimum Gasteiger partial charge on any atom is -0.431 e. The molecule has 0 saturated carbocycles. The van der Waals surface area contributed by atoms with Crippen LogP contribution in [0.4, 0.5) is 0 Å². The molecular weight excluding hydrogens is 362 g/mol. The highest BCUT2D eigenvalue weighted by Gasteiger charge is 2.16. The van der Waals surface area contributed by atoms with Crippen molar-refractivity contribution in [2.24, 2.45) is 0 Å². The number of carbonyl (C=O) groups excluding carboxylic acids is 1. The zero-order valence-electron chi connectivity index (χ0n) is 12.7. The first-order chi connectivity index (χ1) is 12.1. The molecule has 0 bridgehead atoms. The molecule has 4 aromatic rings. The fourth-order valence-electron chi connectivity index (χ4n) is 2.40. The summed E-state index contributed by atoms with van der Waals surface area (Å²) in [6.45, 7) is 0. The van der Waals surface area contributed by atoms with Gasteiger partial charge in [-0.1, -0.05) is 41.6 Å². The fraction of sp³-hybridized carbons (Fsp3) is 0.0556. The van der Waals surface area contributed by atoms with E-state index in [1.54, 1.807) is 42.5 Å². The van der Waals surface area contributed by atoms with Crippen molar-refractivity contribution in [2.45, 2.75) is 5.22 Å². The molecule has 5 nitrogen and oxygen atoms in total. The summed E-state index contributed by atoms with van der Waals surface area (Å²) < 4.78 is 10.7. The number of oxazole rings is 1. The van der Waals surface area contributed by atoms with E-state index in [2.05, 4.69) is 4.98 Å². The zero-order chi connectivity index (χ0) is 17.4. The van der Waals surface area contributed by atoms with Crippen LogP contribution in [0.1, 0.15) is 10.4 Å². The van der Waals surface area contributed by atoms with Crippen LogP contribution in [0.25, 0.3) is 22.1 Å². The van der Waals surface area contributed by atoms with E-state index in [9.17, 15) is 9.59 Å². The Balaban J connectivity index is 1.57. The molecule has 25 heavy (non-hydrogen) atoms. The van der Waals surface area contributed by atoms with Gasteiger partial charge in [0.15, 0.2) is 11.4 Å². The average molecular weight is 372 g/mol. The summed E-state index contributed by atoms with van der Waals surface area (Å²) in [5.74, 6) is -0.325. The molecule has 0 amide bonds. The van der Waals surface area contributed by atoms with Crippen LogP contribution in [-0.2, 0) is 0 Å². The molecule has 0 aliphatic heterocycles. The smallest absolute Gasteiger partial charge is 0.347 e. The van der Waals surface area contributed by atoms with Gasteiger partial charge in [0.25, 0.3) is 5.22 Å². The Labute approximate surface area is 150 Å². The molecule has 0 saturated heterocycles. The summed E-state index contributed by atoms with van der Waals surface area (Å²) in [4.78, 5) is 28.7. The maximum Gasteiger partial charge on any atom is 0.347 e. The highest BCUT2D eigenvalue weighted by atomic mass is 35.5. The number of Topliss-reactive ketones (excluding diaryl/α,β-unsaturated/α-hetero) is 1. The Morgan fingerprint density at radius 2 is 1.92 bits per heavy atom. The SMILES string of the molecule is O=C(CSc1nc2cc(Cl)ccc2o1)c1cc2ccccc2oc1=O. The number of nitrogens with zero attached hydrogens (tertiary/aromatic N) is 1. The molecule has 0 radical (unpaired) electrons. The molecule has 0 atom stereocenters. The van der Waals surface area contributed by atoms with Crippen molar-refractivity contribution < 1.29 is 13.6 Å². The van der Waals surface area contributed by atoms with Crippen molar-refractivity contribution in [3.8, 4) is 0 Å². The summed E-state index contributed by atoms with van der Waals surface area (Å²) in [7, 11) is 0. The maximum atomic E-state index is 12.4. The first-order valence-electron chi connectivity index (χ1n) is 7.35. The lowest BCUT2D eigenvalue weighted by Crippen LogP contribution is -2.15. The third-order valence-corrected chi connectivity index (χ3v) is 4.66. The number of carbonyl (C=O) groups is 1. The van der Waals surface area contributed by atoms with Gasteiger partial charge in [0, 0.05) is 10.4 Å². The van der Waals surface area contributed by atoms with E-state index in [0.717, 1.165) is 11.8 Å². The standard InChI is InChI=1S/C18H10ClNO4S/c19-11-5-6-16-13(8-11)20-18(24-16)25-9-14(21)12-7-10-3-1-2-4-15(10)23-17(12)22/h1-8H,9H2. The fourth-order valence-corrected chi connectivity index (χ4v) is 3.29. The second-order valence-corrected chi connectivity index (χ2v) is 6.65. The largest absolute Gasteiger partial charge is 0.431 e. The van der Waals surface area contributed by atoms with Gasteiger partial charge in [0.05, 0.1) is 5.75 Å². The van der Waals surface area contributed by atoms with Crippen LogP contribution in [0.5, 0.6) is 0 Å². The van der Waals surface area contributed by atoms with Gasteiger partial charge in [0.1, 0.15) is 16.7 Å². The molecule has 2 aromatic heterocycles. The van der Waals surface area contributed by atoms with Gasteiger partial charge < -0.3 is 8.83 Å². The number of benzene rings is 2. The van der Waals surface area contributed by atoms with Crippen molar-refractivity contribution >= 4 is 51.2 Å². The van der Waals surface area contributed by atoms with E-state index in [1.165, 1.54) is 0 Å². The summed E-state index contributed by atoms with van der Waals surface area (Å²) in [6.07, 6.45) is 0. The van der Waals surface area contributed by atoms with Gasteiger partial charge in [-0.3, -0.25) is 4.79 Å². The quantitative estimate of drug-likeness (QED) is 0.297. The van der Waals surface area contributed by atoms with Gasteiger partial charge in [-0.2, -0.15) is 0 Å². The second-order valence-electron chi connectivity index (χ2n) is 5.29. The number of rotatable bonds is 4. The van der Waals surface area contributed by atoms with E-state index < -0.39 is 5.63 Å². The first-order valence-corrected chi connectivity index (χ1v) is 8.71. The Morgan fingerprint density at radius 1 is 1.08 bits per heavy atom. The molecule has 7 heteroatoms. The Kier molecular flexibility index (Phi) is 4.07.